The minimum absolute atomic E-state index is 0.222. The van der Waals surface area contributed by atoms with Crippen LogP contribution in [0.25, 0.3) is 0 Å². The van der Waals surface area contributed by atoms with Crippen LogP contribution in [0.3, 0.4) is 0 Å². The molecule has 1 amide bonds. The van der Waals surface area contributed by atoms with E-state index in [1.54, 1.807) is 36.9 Å². The van der Waals surface area contributed by atoms with E-state index >= 15 is 0 Å². The number of anilines is 1. The molecule has 2 aromatic heterocycles. The third-order valence-electron chi connectivity index (χ3n) is 2.82. The number of aromatic nitrogens is 1. The molecule has 21 heavy (non-hydrogen) atoms. The van der Waals surface area contributed by atoms with Gasteiger partial charge in [0.15, 0.2) is 0 Å². The van der Waals surface area contributed by atoms with Crippen molar-refractivity contribution < 1.29 is 14.3 Å². The highest BCUT2D eigenvalue weighted by atomic mass is 79.9. The van der Waals surface area contributed by atoms with Crippen LogP contribution in [0.15, 0.2) is 22.8 Å². The summed E-state index contributed by atoms with van der Waals surface area (Å²) in [4.78, 5) is 24.5. The Bertz CT molecular complexity index is 690. The second kappa shape index (κ2) is 6.44. The van der Waals surface area contributed by atoms with Crippen LogP contribution in [0.5, 0.6) is 0 Å². The molecule has 0 aromatic carbocycles. The molecule has 0 saturated carbocycles. The minimum atomic E-state index is -0.359. The standard InChI is InChI=1S/C14H15BrN2O3S/c1-4-20-14(19)12-8(2)5-11(21-12)16-13(18)10-6-9(15)7-17(10)3/h5-7H,4H2,1-3H3,(H,16,18). The first-order valence-electron chi connectivity index (χ1n) is 6.33. The van der Waals surface area contributed by atoms with Gasteiger partial charge in [-0.2, -0.15) is 0 Å². The van der Waals surface area contributed by atoms with Gasteiger partial charge in [-0.25, -0.2) is 4.79 Å². The quantitative estimate of drug-likeness (QED) is 0.836. The number of halogens is 1. The van der Waals surface area contributed by atoms with Crippen LogP contribution < -0.4 is 5.32 Å². The van der Waals surface area contributed by atoms with Crippen molar-refractivity contribution in [2.75, 3.05) is 11.9 Å². The van der Waals surface area contributed by atoms with Crippen LogP contribution in [0.1, 0.15) is 32.6 Å². The lowest BCUT2D eigenvalue weighted by Gasteiger charge is -2.03. The van der Waals surface area contributed by atoms with Gasteiger partial charge in [0.05, 0.1) is 11.6 Å². The van der Waals surface area contributed by atoms with Gasteiger partial charge >= 0.3 is 5.97 Å². The maximum atomic E-state index is 12.2. The molecular formula is C14H15BrN2O3S. The molecule has 0 unspecified atom stereocenters. The first-order chi connectivity index (χ1) is 9.92. The summed E-state index contributed by atoms with van der Waals surface area (Å²) in [6, 6.07) is 3.51. The van der Waals surface area contributed by atoms with Crippen LogP contribution >= 0.6 is 27.3 Å². The number of rotatable bonds is 4. The van der Waals surface area contributed by atoms with E-state index in [1.807, 2.05) is 6.92 Å². The number of esters is 1. The number of amides is 1. The van der Waals surface area contributed by atoms with Crippen LogP contribution in [0.4, 0.5) is 5.00 Å². The van der Waals surface area contributed by atoms with Crippen LogP contribution in [0.2, 0.25) is 0 Å². The number of nitrogens with one attached hydrogen (secondary N) is 1. The lowest BCUT2D eigenvalue weighted by molar-refractivity contribution is 0.0531. The first-order valence-corrected chi connectivity index (χ1v) is 7.94. The first kappa shape index (κ1) is 15.8. The number of ether oxygens (including phenoxy) is 1. The minimum Gasteiger partial charge on any atom is -0.462 e. The van der Waals surface area contributed by atoms with Gasteiger partial charge in [-0.15, -0.1) is 11.3 Å². The van der Waals surface area contributed by atoms with E-state index in [-0.39, 0.29) is 11.9 Å². The summed E-state index contributed by atoms with van der Waals surface area (Å²) >= 11 is 4.55. The summed E-state index contributed by atoms with van der Waals surface area (Å²) < 4.78 is 7.55. The molecule has 2 aromatic rings. The summed E-state index contributed by atoms with van der Waals surface area (Å²) in [5.74, 6) is -0.582. The zero-order valence-corrected chi connectivity index (χ0v) is 14.3. The average molecular weight is 371 g/mol. The predicted octanol–water partition coefficient (Wildman–Crippen LogP) is 3.59. The van der Waals surface area contributed by atoms with Gasteiger partial charge in [0, 0.05) is 17.7 Å². The van der Waals surface area contributed by atoms with E-state index in [0.29, 0.717) is 22.2 Å². The molecule has 0 aliphatic carbocycles. The van der Waals surface area contributed by atoms with E-state index < -0.39 is 0 Å². The van der Waals surface area contributed by atoms with Gasteiger partial charge in [0.2, 0.25) is 0 Å². The van der Waals surface area contributed by atoms with E-state index in [2.05, 4.69) is 21.2 Å². The lowest BCUT2D eigenvalue weighted by Crippen LogP contribution is -2.14. The van der Waals surface area contributed by atoms with Crippen molar-refractivity contribution in [1.29, 1.82) is 0 Å². The second-order valence-electron chi connectivity index (χ2n) is 4.45. The van der Waals surface area contributed by atoms with Crippen molar-refractivity contribution >= 4 is 44.1 Å². The molecule has 5 nitrogen and oxygen atoms in total. The summed E-state index contributed by atoms with van der Waals surface area (Å²) in [6.07, 6.45) is 1.80. The van der Waals surface area contributed by atoms with E-state index in [1.165, 1.54) is 11.3 Å². The second-order valence-corrected chi connectivity index (χ2v) is 6.42. The number of thiophene rings is 1. The van der Waals surface area contributed by atoms with Crippen molar-refractivity contribution in [1.82, 2.24) is 4.57 Å². The number of carbonyl (C=O) groups excluding carboxylic acids is 2. The fourth-order valence-electron chi connectivity index (χ4n) is 1.87. The van der Waals surface area contributed by atoms with Gasteiger partial charge in [0.25, 0.3) is 5.91 Å². The summed E-state index contributed by atoms with van der Waals surface area (Å²) in [5, 5.41) is 3.42. The zero-order chi connectivity index (χ0) is 15.6. The van der Waals surface area contributed by atoms with E-state index in [9.17, 15) is 9.59 Å². The zero-order valence-electron chi connectivity index (χ0n) is 11.9. The smallest absolute Gasteiger partial charge is 0.348 e. The van der Waals surface area contributed by atoms with Gasteiger partial charge in [0.1, 0.15) is 10.6 Å². The Labute approximate surface area is 135 Å². The molecule has 0 fully saturated rings. The molecule has 112 valence electrons. The number of carbonyl (C=O) groups is 2. The molecule has 2 heterocycles. The highest BCUT2D eigenvalue weighted by Crippen LogP contribution is 2.28. The molecule has 0 spiro atoms. The van der Waals surface area contributed by atoms with Crippen molar-refractivity contribution in [3.05, 3.63) is 38.9 Å². The Morgan fingerprint density at radius 3 is 2.71 bits per heavy atom. The average Bonchev–Trinajstić information content (AvgIpc) is 2.92. The summed E-state index contributed by atoms with van der Waals surface area (Å²) in [5.41, 5.74) is 1.33. The fraction of sp³-hybridized carbons (Fsp3) is 0.286. The monoisotopic (exact) mass is 370 g/mol. The van der Waals surface area contributed by atoms with Gasteiger partial charge in [-0.05, 0) is 47.5 Å². The molecule has 7 heteroatoms. The topological polar surface area (TPSA) is 60.3 Å². The number of nitrogens with zero attached hydrogens (tertiary/aromatic N) is 1. The Hall–Kier alpha value is -1.60. The van der Waals surface area contributed by atoms with Crippen LogP contribution in [0, 0.1) is 6.92 Å². The third-order valence-corrected chi connectivity index (χ3v) is 4.39. The van der Waals surface area contributed by atoms with Gasteiger partial charge < -0.3 is 14.6 Å². The molecule has 1 N–H and O–H groups in total. The fourth-order valence-corrected chi connectivity index (χ4v) is 3.35. The molecule has 0 bridgehead atoms. The maximum Gasteiger partial charge on any atom is 0.348 e. The molecule has 0 radical (unpaired) electrons. The molecule has 2 rings (SSSR count). The van der Waals surface area contributed by atoms with Gasteiger partial charge in [-0.1, -0.05) is 0 Å². The highest BCUT2D eigenvalue weighted by Gasteiger charge is 2.17. The van der Waals surface area contributed by atoms with Crippen molar-refractivity contribution in [2.24, 2.45) is 7.05 Å². The van der Waals surface area contributed by atoms with Crippen molar-refractivity contribution in [2.45, 2.75) is 13.8 Å². The summed E-state index contributed by atoms with van der Waals surface area (Å²) in [6.45, 7) is 3.91. The SMILES string of the molecule is CCOC(=O)c1sc(NC(=O)c2cc(Br)cn2C)cc1C. The molecule has 0 atom stereocenters. The Morgan fingerprint density at radius 1 is 1.43 bits per heavy atom. The Kier molecular flexibility index (Phi) is 4.84. The molecule has 0 saturated heterocycles. The Balaban J connectivity index is 2.17. The van der Waals surface area contributed by atoms with Gasteiger partial charge in [-0.3, -0.25) is 4.79 Å². The number of hydrogen-bond donors (Lipinski definition) is 1. The van der Waals surface area contributed by atoms with E-state index in [0.717, 1.165) is 10.0 Å². The molecular weight excluding hydrogens is 356 g/mol. The van der Waals surface area contributed by atoms with Crippen molar-refractivity contribution in [3.8, 4) is 0 Å². The number of hydrogen-bond acceptors (Lipinski definition) is 4. The Morgan fingerprint density at radius 2 is 2.14 bits per heavy atom. The molecule has 0 aliphatic heterocycles. The molecule has 0 aliphatic rings. The normalized spacial score (nSPS) is 10.5. The predicted molar refractivity (Wildman–Crippen MR) is 86.1 cm³/mol. The van der Waals surface area contributed by atoms with Crippen LogP contribution in [-0.4, -0.2) is 23.1 Å². The number of aryl methyl sites for hydroxylation is 2. The van der Waals surface area contributed by atoms with E-state index in [4.69, 9.17) is 4.74 Å². The highest BCUT2D eigenvalue weighted by molar-refractivity contribution is 9.10. The third kappa shape index (κ3) is 3.54. The van der Waals surface area contributed by atoms with Crippen molar-refractivity contribution in [3.63, 3.8) is 0 Å². The maximum absolute atomic E-state index is 12.2. The van der Waals surface area contributed by atoms with Crippen LogP contribution in [-0.2, 0) is 11.8 Å². The summed E-state index contributed by atoms with van der Waals surface area (Å²) in [7, 11) is 1.80. The lowest BCUT2D eigenvalue weighted by atomic mass is 10.3. The largest absolute Gasteiger partial charge is 0.462 e.